The summed E-state index contributed by atoms with van der Waals surface area (Å²) in [6.07, 6.45) is 6.13. The third kappa shape index (κ3) is 5.99. The highest BCUT2D eigenvalue weighted by molar-refractivity contribution is 5.94. The monoisotopic (exact) mass is 438 g/mol. The average molecular weight is 439 g/mol. The Kier molecular flexibility index (Phi) is 7.75. The summed E-state index contributed by atoms with van der Waals surface area (Å²) in [5.41, 5.74) is 2.78. The number of hydrogen-bond acceptors (Lipinski definition) is 3. The van der Waals surface area contributed by atoms with E-state index in [1.807, 2.05) is 44.2 Å². The van der Waals surface area contributed by atoms with E-state index in [9.17, 15) is 9.59 Å². The van der Waals surface area contributed by atoms with Crippen LogP contribution in [0.15, 0.2) is 30.3 Å². The molecule has 6 nitrogen and oxygen atoms in total. The molecule has 0 aliphatic heterocycles. The molecule has 1 saturated carbocycles. The van der Waals surface area contributed by atoms with Crippen molar-refractivity contribution in [3.8, 4) is 5.69 Å². The van der Waals surface area contributed by atoms with Crippen molar-refractivity contribution in [2.45, 2.75) is 78.6 Å². The summed E-state index contributed by atoms with van der Waals surface area (Å²) in [6, 6.07) is 9.99. The van der Waals surface area contributed by atoms with Crippen LogP contribution in [0.3, 0.4) is 0 Å². The smallest absolute Gasteiger partial charge is 0.245 e. The molecule has 1 heterocycles. The molecular weight excluding hydrogens is 400 g/mol. The summed E-state index contributed by atoms with van der Waals surface area (Å²) in [5, 5.41) is 7.83. The minimum atomic E-state index is -0.183. The van der Waals surface area contributed by atoms with Crippen LogP contribution in [0.4, 0.5) is 5.82 Å². The van der Waals surface area contributed by atoms with Crippen molar-refractivity contribution >= 4 is 17.6 Å². The number of carbonyl (C=O) groups is 2. The second-order valence-corrected chi connectivity index (χ2v) is 10.1. The van der Waals surface area contributed by atoms with Gasteiger partial charge in [0.25, 0.3) is 0 Å². The Bertz CT molecular complexity index is 936. The minimum Gasteiger partial charge on any atom is -0.333 e. The van der Waals surface area contributed by atoms with Gasteiger partial charge < -0.3 is 10.2 Å². The maximum atomic E-state index is 13.1. The van der Waals surface area contributed by atoms with Crippen LogP contribution in [0.5, 0.6) is 0 Å². The first-order chi connectivity index (χ1) is 15.2. The van der Waals surface area contributed by atoms with Crippen LogP contribution < -0.4 is 5.32 Å². The van der Waals surface area contributed by atoms with Crippen molar-refractivity contribution in [3.63, 3.8) is 0 Å². The van der Waals surface area contributed by atoms with E-state index in [-0.39, 0.29) is 29.7 Å². The van der Waals surface area contributed by atoms with Crippen LogP contribution in [-0.4, -0.2) is 39.6 Å². The summed E-state index contributed by atoms with van der Waals surface area (Å²) in [6.45, 7) is 11.1. The van der Waals surface area contributed by atoms with E-state index >= 15 is 0 Å². The number of hydrogen-bond donors (Lipinski definition) is 1. The van der Waals surface area contributed by atoms with Crippen molar-refractivity contribution < 1.29 is 9.59 Å². The fourth-order valence-electron chi connectivity index (χ4n) is 4.29. The third-order valence-corrected chi connectivity index (χ3v) is 6.09. The number of anilines is 1. The predicted molar refractivity (Wildman–Crippen MR) is 129 cm³/mol. The standard InChI is InChI=1S/C26H38N4O2/c1-6-15-29(25(32)20-12-8-7-9-13-20)18-24(31)27-23-17-22(26(3,4)5)28-30(23)21-14-10-11-19(2)16-21/h10-11,14,16-17,20H,6-9,12-13,15,18H2,1-5H3,(H,27,31). The second kappa shape index (κ2) is 10.3. The Morgan fingerprint density at radius 2 is 1.88 bits per heavy atom. The van der Waals surface area contributed by atoms with Gasteiger partial charge in [-0.3, -0.25) is 9.59 Å². The van der Waals surface area contributed by atoms with E-state index in [2.05, 4.69) is 26.1 Å². The van der Waals surface area contributed by atoms with Crippen LogP contribution in [0.2, 0.25) is 0 Å². The maximum Gasteiger partial charge on any atom is 0.245 e. The van der Waals surface area contributed by atoms with Gasteiger partial charge in [-0.05, 0) is 43.9 Å². The number of benzene rings is 1. The number of rotatable bonds is 7. The van der Waals surface area contributed by atoms with Crippen molar-refractivity contribution in [3.05, 3.63) is 41.6 Å². The fourth-order valence-corrected chi connectivity index (χ4v) is 4.29. The first-order valence-corrected chi connectivity index (χ1v) is 11.9. The number of aromatic nitrogens is 2. The number of nitrogens with zero attached hydrogens (tertiary/aromatic N) is 3. The number of carbonyl (C=O) groups excluding carboxylic acids is 2. The van der Waals surface area contributed by atoms with E-state index < -0.39 is 0 Å². The largest absolute Gasteiger partial charge is 0.333 e. The maximum absolute atomic E-state index is 13.1. The third-order valence-electron chi connectivity index (χ3n) is 6.09. The molecule has 1 N–H and O–H groups in total. The lowest BCUT2D eigenvalue weighted by atomic mass is 9.88. The summed E-state index contributed by atoms with van der Waals surface area (Å²) in [5.74, 6) is 0.640. The first kappa shape index (κ1) is 24.0. The van der Waals surface area contributed by atoms with E-state index in [0.29, 0.717) is 12.4 Å². The summed E-state index contributed by atoms with van der Waals surface area (Å²) in [7, 11) is 0. The SMILES string of the molecule is CCCN(CC(=O)Nc1cc(C(C)(C)C)nn1-c1cccc(C)c1)C(=O)C1CCCCC1. The van der Waals surface area contributed by atoms with Gasteiger partial charge in [0.1, 0.15) is 5.82 Å². The van der Waals surface area contributed by atoms with Gasteiger partial charge in [0.15, 0.2) is 0 Å². The highest BCUT2D eigenvalue weighted by atomic mass is 16.2. The molecule has 0 atom stereocenters. The zero-order valence-corrected chi connectivity index (χ0v) is 20.3. The van der Waals surface area contributed by atoms with Crippen molar-refractivity contribution in [1.82, 2.24) is 14.7 Å². The second-order valence-electron chi connectivity index (χ2n) is 10.1. The van der Waals surface area contributed by atoms with Crippen molar-refractivity contribution in [1.29, 1.82) is 0 Å². The van der Waals surface area contributed by atoms with Gasteiger partial charge >= 0.3 is 0 Å². The number of aryl methyl sites for hydroxylation is 1. The molecule has 3 rings (SSSR count). The van der Waals surface area contributed by atoms with E-state index in [1.54, 1.807) is 9.58 Å². The predicted octanol–water partition coefficient (Wildman–Crippen LogP) is 5.24. The van der Waals surface area contributed by atoms with Gasteiger partial charge in [0.2, 0.25) is 11.8 Å². The minimum absolute atomic E-state index is 0.0633. The van der Waals surface area contributed by atoms with Gasteiger partial charge in [0, 0.05) is 23.9 Å². The Balaban J connectivity index is 1.80. The van der Waals surface area contributed by atoms with Gasteiger partial charge in [0.05, 0.1) is 17.9 Å². The molecule has 0 spiro atoms. The topological polar surface area (TPSA) is 67.2 Å². The lowest BCUT2D eigenvalue weighted by Gasteiger charge is -2.28. The molecule has 0 unspecified atom stereocenters. The van der Waals surface area contributed by atoms with Gasteiger partial charge in [-0.15, -0.1) is 0 Å². The Labute approximate surface area is 192 Å². The molecule has 6 heteroatoms. The molecule has 1 aromatic heterocycles. The van der Waals surface area contributed by atoms with Crippen LogP contribution in [0.1, 0.15) is 77.5 Å². The molecule has 1 aliphatic rings. The lowest BCUT2D eigenvalue weighted by molar-refractivity contribution is -0.139. The Hall–Kier alpha value is -2.63. The van der Waals surface area contributed by atoms with E-state index in [4.69, 9.17) is 5.10 Å². The first-order valence-electron chi connectivity index (χ1n) is 11.9. The molecule has 1 aliphatic carbocycles. The zero-order chi connectivity index (χ0) is 23.3. The summed E-state index contributed by atoms with van der Waals surface area (Å²) in [4.78, 5) is 27.9. The van der Waals surface area contributed by atoms with Gasteiger partial charge in [-0.25, -0.2) is 4.68 Å². The summed E-state index contributed by atoms with van der Waals surface area (Å²) < 4.78 is 1.79. The lowest BCUT2D eigenvalue weighted by Crippen LogP contribution is -2.42. The van der Waals surface area contributed by atoms with Crippen molar-refractivity contribution in [2.75, 3.05) is 18.4 Å². The van der Waals surface area contributed by atoms with Crippen LogP contribution in [0, 0.1) is 12.8 Å². The van der Waals surface area contributed by atoms with Gasteiger partial charge in [-0.2, -0.15) is 5.10 Å². The molecule has 174 valence electrons. The number of amides is 2. The highest BCUT2D eigenvalue weighted by Gasteiger charge is 2.27. The molecule has 1 fully saturated rings. The molecule has 0 saturated heterocycles. The molecular formula is C26H38N4O2. The highest BCUT2D eigenvalue weighted by Crippen LogP contribution is 2.27. The van der Waals surface area contributed by atoms with Gasteiger partial charge in [-0.1, -0.05) is 59.1 Å². The average Bonchev–Trinajstić information content (AvgIpc) is 3.18. The zero-order valence-electron chi connectivity index (χ0n) is 20.3. The van der Waals surface area contributed by atoms with E-state index in [1.165, 1.54) is 6.42 Å². The Morgan fingerprint density at radius 3 is 2.50 bits per heavy atom. The molecule has 32 heavy (non-hydrogen) atoms. The summed E-state index contributed by atoms with van der Waals surface area (Å²) >= 11 is 0. The van der Waals surface area contributed by atoms with Crippen LogP contribution in [-0.2, 0) is 15.0 Å². The number of nitrogens with one attached hydrogen (secondary N) is 1. The quantitative estimate of drug-likeness (QED) is 0.643. The van der Waals surface area contributed by atoms with Crippen LogP contribution in [0.25, 0.3) is 5.69 Å². The normalized spacial score (nSPS) is 14.9. The van der Waals surface area contributed by atoms with Crippen molar-refractivity contribution in [2.24, 2.45) is 5.92 Å². The fraction of sp³-hybridized carbons (Fsp3) is 0.577. The Morgan fingerprint density at radius 1 is 1.16 bits per heavy atom. The molecule has 0 bridgehead atoms. The molecule has 2 amide bonds. The molecule has 2 aromatic rings. The van der Waals surface area contributed by atoms with Crippen LogP contribution >= 0.6 is 0 Å². The molecule has 1 aromatic carbocycles. The molecule has 0 radical (unpaired) electrons. The van der Waals surface area contributed by atoms with E-state index in [0.717, 1.165) is 49.0 Å².